The van der Waals surface area contributed by atoms with Crippen molar-refractivity contribution in [1.29, 1.82) is 0 Å². The number of carbonyl (C=O) groups excluding carboxylic acids is 1. The number of methoxy groups -OCH3 is 1. The summed E-state index contributed by atoms with van der Waals surface area (Å²) in [6.45, 7) is 2.28. The van der Waals surface area contributed by atoms with Crippen LogP contribution in [0, 0.1) is 0 Å². The van der Waals surface area contributed by atoms with Crippen molar-refractivity contribution in [3.05, 3.63) is 0 Å². The van der Waals surface area contributed by atoms with Gasteiger partial charge in [0.2, 0.25) is 0 Å². The second kappa shape index (κ2) is 13.3. The molecule has 2 nitrogen and oxygen atoms in total. The number of thioether (sulfide) groups is 1. The number of unbranched alkanes of at least 4 members (excludes halogenated alkanes) is 9. The molecule has 0 aromatic carbocycles. The molecule has 0 aliphatic carbocycles. The standard InChI is InChI=1S/C19H36O2S/c1-3-4-5-6-7-8-9-10-11-14-17-18(22-17)15-12-13-16-19(20)21-2/h17-18H,3-16H2,1-2H3. The molecule has 1 aliphatic heterocycles. The third-order valence-corrected chi connectivity index (χ3v) is 6.14. The fourth-order valence-corrected chi connectivity index (χ4v) is 4.30. The van der Waals surface area contributed by atoms with Crippen LogP contribution in [-0.4, -0.2) is 23.6 Å². The molecule has 1 fully saturated rings. The van der Waals surface area contributed by atoms with E-state index in [-0.39, 0.29) is 5.97 Å². The summed E-state index contributed by atoms with van der Waals surface area (Å²) in [4.78, 5) is 11.0. The molecule has 2 atom stereocenters. The zero-order valence-electron chi connectivity index (χ0n) is 14.8. The monoisotopic (exact) mass is 328 g/mol. The molecule has 0 radical (unpaired) electrons. The van der Waals surface area contributed by atoms with Crippen LogP contribution in [0.25, 0.3) is 0 Å². The van der Waals surface area contributed by atoms with E-state index >= 15 is 0 Å². The van der Waals surface area contributed by atoms with Crippen LogP contribution in [0.5, 0.6) is 0 Å². The minimum absolute atomic E-state index is 0.0605. The van der Waals surface area contributed by atoms with Gasteiger partial charge in [-0.15, -0.1) is 0 Å². The van der Waals surface area contributed by atoms with Gasteiger partial charge < -0.3 is 4.74 Å². The molecular formula is C19H36O2S. The van der Waals surface area contributed by atoms with Crippen molar-refractivity contribution in [2.24, 2.45) is 0 Å². The molecular weight excluding hydrogens is 292 g/mol. The number of carbonyl (C=O) groups is 1. The number of rotatable bonds is 15. The highest BCUT2D eigenvalue weighted by molar-refractivity contribution is 8.07. The zero-order chi connectivity index (χ0) is 16.0. The smallest absolute Gasteiger partial charge is 0.305 e. The normalized spacial score (nSPS) is 20.1. The Morgan fingerprint density at radius 1 is 0.818 bits per heavy atom. The summed E-state index contributed by atoms with van der Waals surface area (Å²) in [6.07, 6.45) is 18.3. The Labute approximate surface area is 142 Å². The van der Waals surface area contributed by atoms with Crippen molar-refractivity contribution < 1.29 is 9.53 Å². The SMILES string of the molecule is CCCCCCCCCCCC1SC1CCCCC(=O)OC. The lowest BCUT2D eigenvalue weighted by atomic mass is 10.0. The Hall–Kier alpha value is -0.180. The summed E-state index contributed by atoms with van der Waals surface area (Å²) in [5.41, 5.74) is 0. The van der Waals surface area contributed by atoms with Crippen LogP contribution < -0.4 is 0 Å². The second-order valence-corrected chi connectivity index (χ2v) is 8.14. The zero-order valence-corrected chi connectivity index (χ0v) is 15.6. The lowest BCUT2D eigenvalue weighted by molar-refractivity contribution is -0.140. The van der Waals surface area contributed by atoms with E-state index in [0.29, 0.717) is 6.42 Å². The van der Waals surface area contributed by atoms with Crippen molar-refractivity contribution in [2.75, 3.05) is 7.11 Å². The van der Waals surface area contributed by atoms with Gasteiger partial charge in [-0.2, -0.15) is 11.8 Å². The lowest BCUT2D eigenvalue weighted by Crippen LogP contribution is -2.00. The van der Waals surface area contributed by atoms with Gasteiger partial charge in [-0.3, -0.25) is 4.79 Å². The summed E-state index contributed by atoms with van der Waals surface area (Å²) in [7, 11) is 1.47. The molecule has 0 aromatic rings. The minimum Gasteiger partial charge on any atom is -0.469 e. The maximum Gasteiger partial charge on any atom is 0.305 e. The summed E-state index contributed by atoms with van der Waals surface area (Å²) in [6, 6.07) is 0. The van der Waals surface area contributed by atoms with E-state index in [1.807, 2.05) is 0 Å². The van der Waals surface area contributed by atoms with Gasteiger partial charge in [-0.1, -0.05) is 71.1 Å². The molecule has 2 unspecified atom stereocenters. The summed E-state index contributed by atoms with van der Waals surface area (Å²) in [5, 5.41) is 1.83. The van der Waals surface area contributed by atoms with E-state index in [0.717, 1.165) is 16.9 Å². The molecule has 1 aliphatic rings. The molecule has 1 saturated heterocycles. The van der Waals surface area contributed by atoms with Crippen LogP contribution in [0.2, 0.25) is 0 Å². The maximum atomic E-state index is 11.0. The van der Waals surface area contributed by atoms with Crippen LogP contribution in [0.15, 0.2) is 0 Å². The van der Waals surface area contributed by atoms with Crippen molar-refractivity contribution in [2.45, 2.75) is 107 Å². The van der Waals surface area contributed by atoms with Crippen molar-refractivity contribution >= 4 is 17.7 Å². The van der Waals surface area contributed by atoms with Gasteiger partial charge in [0.05, 0.1) is 7.11 Å². The Morgan fingerprint density at radius 3 is 1.86 bits per heavy atom. The van der Waals surface area contributed by atoms with Gasteiger partial charge in [0, 0.05) is 16.9 Å². The topological polar surface area (TPSA) is 26.3 Å². The molecule has 3 heteroatoms. The highest BCUT2D eigenvalue weighted by atomic mass is 32.2. The summed E-state index contributed by atoms with van der Waals surface area (Å²) in [5.74, 6) is -0.0605. The first-order valence-electron chi connectivity index (χ1n) is 9.50. The van der Waals surface area contributed by atoms with Gasteiger partial charge in [-0.25, -0.2) is 0 Å². The van der Waals surface area contributed by atoms with E-state index < -0.39 is 0 Å². The van der Waals surface area contributed by atoms with Gasteiger partial charge in [0.15, 0.2) is 0 Å². The van der Waals surface area contributed by atoms with E-state index in [1.54, 1.807) is 0 Å². The Balaban J connectivity index is 1.77. The Bertz CT molecular complexity index is 281. The highest BCUT2D eigenvalue weighted by Gasteiger charge is 2.36. The van der Waals surface area contributed by atoms with E-state index in [2.05, 4.69) is 23.4 Å². The molecule has 0 bridgehead atoms. The average Bonchev–Trinajstić information content (AvgIpc) is 3.28. The summed E-state index contributed by atoms with van der Waals surface area (Å²) < 4.78 is 4.66. The summed E-state index contributed by atoms with van der Waals surface area (Å²) >= 11 is 2.16. The molecule has 0 N–H and O–H groups in total. The molecule has 0 amide bonds. The first-order valence-corrected chi connectivity index (χ1v) is 10.4. The molecule has 0 saturated carbocycles. The van der Waals surface area contributed by atoms with Gasteiger partial charge in [-0.05, 0) is 19.3 Å². The predicted octanol–water partition coefficient (Wildman–Crippen LogP) is 6.12. The van der Waals surface area contributed by atoms with Crippen molar-refractivity contribution in [3.63, 3.8) is 0 Å². The predicted molar refractivity (Wildman–Crippen MR) is 97.5 cm³/mol. The van der Waals surface area contributed by atoms with Gasteiger partial charge in [0.1, 0.15) is 0 Å². The first-order chi connectivity index (χ1) is 10.8. The van der Waals surface area contributed by atoms with Crippen LogP contribution in [-0.2, 0) is 9.53 Å². The van der Waals surface area contributed by atoms with Crippen molar-refractivity contribution in [3.8, 4) is 0 Å². The number of hydrogen-bond donors (Lipinski definition) is 0. The van der Waals surface area contributed by atoms with Gasteiger partial charge >= 0.3 is 5.97 Å². The number of hydrogen-bond acceptors (Lipinski definition) is 3. The van der Waals surface area contributed by atoms with E-state index in [9.17, 15) is 4.79 Å². The van der Waals surface area contributed by atoms with Crippen molar-refractivity contribution in [1.82, 2.24) is 0 Å². The average molecular weight is 329 g/mol. The van der Waals surface area contributed by atoms with E-state index in [4.69, 9.17) is 0 Å². The fourth-order valence-electron chi connectivity index (χ4n) is 3.06. The molecule has 0 spiro atoms. The van der Waals surface area contributed by atoms with Crippen LogP contribution in [0.4, 0.5) is 0 Å². The molecule has 1 heterocycles. The Kier molecular flexibility index (Phi) is 12.0. The largest absolute Gasteiger partial charge is 0.469 e. The molecule has 22 heavy (non-hydrogen) atoms. The van der Waals surface area contributed by atoms with Crippen LogP contribution in [0.3, 0.4) is 0 Å². The minimum atomic E-state index is -0.0605. The highest BCUT2D eigenvalue weighted by Crippen LogP contribution is 2.47. The second-order valence-electron chi connectivity index (χ2n) is 6.65. The number of ether oxygens (including phenoxy) is 1. The third kappa shape index (κ3) is 10.5. The first kappa shape index (κ1) is 19.9. The lowest BCUT2D eigenvalue weighted by Gasteiger charge is -2.02. The third-order valence-electron chi connectivity index (χ3n) is 4.63. The maximum absolute atomic E-state index is 11.0. The van der Waals surface area contributed by atoms with Crippen LogP contribution in [0.1, 0.15) is 96.8 Å². The van der Waals surface area contributed by atoms with Crippen LogP contribution >= 0.6 is 11.8 Å². The number of esters is 1. The fraction of sp³-hybridized carbons (Fsp3) is 0.947. The van der Waals surface area contributed by atoms with E-state index in [1.165, 1.54) is 84.2 Å². The molecule has 130 valence electrons. The molecule has 0 aromatic heterocycles. The Morgan fingerprint density at radius 2 is 1.32 bits per heavy atom. The van der Waals surface area contributed by atoms with Gasteiger partial charge in [0.25, 0.3) is 0 Å². The quantitative estimate of drug-likeness (QED) is 0.206. The molecule has 1 rings (SSSR count).